The summed E-state index contributed by atoms with van der Waals surface area (Å²) >= 11 is 0. The van der Waals surface area contributed by atoms with Gasteiger partial charge in [0.15, 0.2) is 0 Å². The summed E-state index contributed by atoms with van der Waals surface area (Å²) in [5, 5.41) is 0. The number of fused-ring (bicyclic) bond motifs is 2. The van der Waals surface area contributed by atoms with Crippen LogP contribution < -0.4 is 4.90 Å². The first-order valence-corrected chi connectivity index (χ1v) is 9.09. The first-order chi connectivity index (χ1) is 12.5. The number of nitrogens with zero attached hydrogens (tertiary/aromatic N) is 3. The Balaban J connectivity index is 0.00000210. The second-order valence-corrected chi connectivity index (χ2v) is 7.26. The van der Waals surface area contributed by atoms with Crippen LogP contribution in [0, 0.1) is 5.92 Å². The van der Waals surface area contributed by atoms with E-state index in [1.165, 1.54) is 38.1 Å². The molecule has 2 aliphatic heterocycles. The van der Waals surface area contributed by atoms with Crippen molar-refractivity contribution in [3.63, 3.8) is 0 Å². The molecule has 2 bridgehead atoms. The quantitative estimate of drug-likeness (QED) is 0.739. The zero-order valence-corrected chi connectivity index (χ0v) is 14.5. The van der Waals surface area contributed by atoms with Gasteiger partial charge in [0.1, 0.15) is 0 Å². The molecule has 2 aliphatic rings. The molecule has 2 aromatic rings. The summed E-state index contributed by atoms with van der Waals surface area (Å²) < 4.78 is 38.3. The van der Waals surface area contributed by atoms with Crippen molar-refractivity contribution >= 4 is 5.69 Å². The van der Waals surface area contributed by atoms with Crippen molar-refractivity contribution in [2.75, 3.05) is 37.6 Å². The zero-order chi connectivity index (χ0) is 18.1. The van der Waals surface area contributed by atoms with Gasteiger partial charge < -0.3 is 9.80 Å². The van der Waals surface area contributed by atoms with Crippen molar-refractivity contribution < 1.29 is 13.2 Å². The van der Waals surface area contributed by atoms with Gasteiger partial charge in [-0.1, -0.05) is 19.6 Å². The summed E-state index contributed by atoms with van der Waals surface area (Å²) in [5.41, 5.74) is 2.03. The van der Waals surface area contributed by atoms with Gasteiger partial charge in [-0.05, 0) is 49.1 Å². The van der Waals surface area contributed by atoms with E-state index < -0.39 is 11.7 Å². The normalized spacial score (nSPS) is 22.7. The van der Waals surface area contributed by atoms with Gasteiger partial charge in [0.05, 0.1) is 17.4 Å². The molecule has 1 aromatic carbocycles. The lowest BCUT2D eigenvalue weighted by Crippen LogP contribution is -2.35. The number of alkyl halides is 3. The first-order valence-electron chi connectivity index (χ1n) is 9.09. The van der Waals surface area contributed by atoms with Crippen LogP contribution in [0.1, 0.15) is 25.8 Å². The smallest absolute Gasteiger partial charge is 0.369 e. The van der Waals surface area contributed by atoms with Crippen LogP contribution in [0.4, 0.5) is 18.9 Å². The molecular weight excluding hydrogens is 351 g/mol. The Bertz CT molecular complexity index is 758. The zero-order valence-electron chi connectivity index (χ0n) is 14.5. The Morgan fingerprint density at radius 1 is 0.926 bits per heavy atom. The van der Waals surface area contributed by atoms with E-state index >= 15 is 0 Å². The maximum atomic E-state index is 12.8. The van der Waals surface area contributed by atoms with Gasteiger partial charge in [-0.15, -0.1) is 0 Å². The molecule has 0 aliphatic carbocycles. The van der Waals surface area contributed by atoms with Gasteiger partial charge in [-0.25, -0.2) is 0 Å². The summed E-state index contributed by atoms with van der Waals surface area (Å²) in [6, 6.07) is 7.34. The summed E-state index contributed by atoms with van der Waals surface area (Å²) in [6.07, 6.45) is 1.79. The highest BCUT2D eigenvalue weighted by Gasteiger charge is 2.30. The Morgan fingerprint density at radius 2 is 1.70 bits per heavy atom. The highest BCUT2D eigenvalue weighted by molar-refractivity contribution is 5.67. The molecule has 3 heterocycles. The summed E-state index contributed by atoms with van der Waals surface area (Å²) in [5.74, 6) is 0.681. The van der Waals surface area contributed by atoms with E-state index in [2.05, 4.69) is 14.8 Å². The summed E-state index contributed by atoms with van der Waals surface area (Å²) in [7, 11) is 0. The number of anilines is 1. The number of benzene rings is 1. The number of piperidine rings is 1. The number of hydrogen-bond acceptors (Lipinski definition) is 3. The average molecular weight is 377 g/mol. The lowest BCUT2D eigenvalue weighted by atomic mass is 9.98. The second kappa shape index (κ2) is 7.89. The van der Waals surface area contributed by atoms with Crippen molar-refractivity contribution in [3.05, 3.63) is 48.3 Å². The minimum Gasteiger partial charge on any atom is -0.369 e. The molecule has 6 heteroatoms. The number of halogens is 3. The molecule has 1 aromatic heterocycles. The van der Waals surface area contributed by atoms with E-state index in [4.69, 9.17) is 0 Å². The van der Waals surface area contributed by atoms with Crippen LogP contribution in [-0.2, 0) is 6.18 Å². The fourth-order valence-corrected chi connectivity index (χ4v) is 4.01. The molecule has 4 rings (SSSR count). The molecule has 2 atom stereocenters. The van der Waals surface area contributed by atoms with Crippen molar-refractivity contribution in [3.8, 4) is 11.1 Å². The van der Waals surface area contributed by atoms with Crippen LogP contribution in [0.15, 0.2) is 42.7 Å². The van der Waals surface area contributed by atoms with Gasteiger partial charge in [-0.2, -0.15) is 13.2 Å². The van der Waals surface area contributed by atoms with Crippen molar-refractivity contribution in [2.45, 2.75) is 26.4 Å². The van der Waals surface area contributed by atoms with Gasteiger partial charge in [-0.3, -0.25) is 4.98 Å². The van der Waals surface area contributed by atoms with E-state index in [-0.39, 0.29) is 7.43 Å². The Kier molecular flexibility index (Phi) is 5.75. The largest absolute Gasteiger partial charge is 0.416 e. The molecule has 0 N–H and O–H groups in total. The molecule has 0 amide bonds. The maximum Gasteiger partial charge on any atom is 0.416 e. The Hall–Kier alpha value is -2.08. The van der Waals surface area contributed by atoms with Gasteiger partial charge in [0.2, 0.25) is 0 Å². The standard InChI is InChI=1S/C20H22F3N3.CH4/c21-20(22,23)18-5-3-16(4-6-18)17-10-19(12-24-11-17)26-9-8-25-7-1-2-15(13-25)14-26;/h3-6,10-12,15H,1-2,7-9,13-14H2;1H4. The lowest BCUT2D eigenvalue weighted by molar-refractivity contribution is -0.137. The third-order valence-electron chi connectivity index (χ3n) is 5.40. The first kappa shape index (κ1) is 19.7. The Labute approximate surface area is 158 Å². The molecule has 2 fully saturated rings. The molecule has 0 radical (unpaired) electrons. The van der Waals surface area contributed by atoms with Gasteiger partial charge in [0, 0.05) is 37.9 Å². The van der Waals surface area contributed by atoms with Gasteiger partial charge in [0.25, 0.3) is 0 Å². The molecule has 2 unspecified atom stereocenters. The number of rotatable bonds is 2. The fourth-order valence-electron chi connectivity index (χ4n) is 4.01. The fraction of sp³-hybridized carbons (Fsp3) is 0.476. The average Bonchev–Trinajstić information content (AvgIpc) is 2.79. The summed E-state index contributed by atoms with van der Waals surface area (Å²) in [6.45, 7) is 5.40. The van der Waals surface area contributed by atoms with Gasteiger partial charge >= 0.3 is 6.18 Å². The summed E-state index contributed by atoms with van der Waals surface area (Å²) in [4.78, 5) is 9.25. The lowest BCUT2D eigenvalue weighted by Gasteiger charge is -2.29. The van der Waals surface area contributed by atoms with Crippen LogP contribution in [0.5, 0.6) is 0 Å². The number of hydrogen-bond donors (Lipinski definition) is 0. The van der Waals surface area contributed by atoms with Crippen LogP contribution >= 0.6 is 0 Å². The number of pyridine rings is 1. The van der Waals surface area contributed by atoms with E-state index in [9.17, 15) is 13.2 Å². The van der Waals surface area contributed by atoms with Crippen molar-refractivity contribution in [2.24, 2.45) is 5.92 Å². The predicted molar refractivity (Wildman–Crippen MR) is 103 cm³/mol. The molecule has 2 saturated heterocycles. The van der Waals surface area contributed by atoms with Crippen molar-refractivity contribution in [1.29, 1.82) is 0 Å². The third kappa shape index (κ3) is 4.43. The van der Waals surface area contributed by atoms with Crippen LogP contribution in [0.25, 0.3) is 11.1 Å². The highest BCUT2D eigenvalue weighted by atomic mass is 19.4. The van der Waals surface area contributed by atoms with E-state index in [1.807, 2.05) is 12.3 Å². The van der Waals surface area contributed by atoms with E-state index in [0.717, 1.165) is 48.6 Å². The molecule has 27 heavy (non-hydrogen) atoms. The molecule has 146 valence electrons. The predicted octanol–water partition coefficient (Wildman–Crippen LogP) is 4.94. The highest BCUT2D eigenvalue weighted by Crippen LogP contribution is 2.32. The molecule has 3 nitrogen and oxygen atoms in total. The molecule has 0 saturated carbocycles. The van der Waals surface area contributed by atoms with E-state index in [0.29, 0.717) is 5.92 Å². The van der Waals surface area contributed by atoms with Crippen molar-refractivity contribution in [1.82, 2.24) is 9.88 Å². The maximum absolute atomic E-state index is 12.8. The van der Waals surface area contributed by atoms with Crippen LogP contribution in [0.3, 0.4) is 0 Å². The van der Waals surface area contributed by atoms with Crippen LogP contribution in [-0.4, -0.2) is 42.6 Å². The molecule has 0 spiro atoms. The van der Waals surface area contributed by atoms with E-state index in [1.54, 1.807) is 6.20 Å². The minimum atomic E-state index is -4.31. The second-order valence-electron chi connectivity index (χ2n) is 7.26. The number of aromatic nitrogens is 1. The third-order valence-corrected chi connectivity index (χ3v) is 5.40. The Morgan fingerprint density at radius 3 is 2.44 bits per heavy atom. The monoisotopic (exact) mass is 377 g/mol. The SMILES string of the molecule is C.FC(F)(F)c1ccc(-c2cncc(N3CCN4CCCC(C4)C3)c2)cc1. The minimum absolute atomic E-state index is 0. The molecular formula is C21H26F3N3. The van der Waals surface area contributed by atoms with Crippen LogP contribution in [0.2, 0.25) is 0 Å². The topological polar surface area (TPSA) is 19.4 Å².